The number of aryl methyl sites for hydroxylation is 2. The Morgan fingerprint density at radius 2 is 1.89 bits per heavy atom. The van der Waals surface area contributed by atoms with E-state index < -0.39 is 0 Å². The molecule has 1 aromatic carbocycles. The van der Waals surface area contributed by atoms with Gasteiger partial charge in [-0.1, -0.05) is 28.1 Å². The Kier molecular flexibility index (Phi) is 6.05. The lowest BCUT2D eigenvalue weighted by Crippen LogP contribution is -2.27. The van der Waals surface area contributed by atoms with Crippen LogP contribution in [-0.2, 0) is 4.74 Å². The second-order valence-corrected chi connectivity index (χ2v) is 5.40. The minimum atomic E-state index is -0.211. The summed E-state index contributed by atoms with van der Waals surface area (Å²) in [6.45, 7) is 6.85. The van der Waals surface area contributed by atoms with Gasteiger partial charge in [-0.05, 0) is 44.0 Å². The first-order valence-electron chi connectivity index (χ1n) is 5.72. The van der Waals surface area contributed by atoms with Crippen LogP contribution in [0.25, 0.3) is 0 Å². The first-order valence-corrected chi connectivity index (χ1v) is 6.92. The lowest BCUT2D eigenvalue weighted by Gasteiger charge is -2.13. The van der Waals surface area contributed by atoms with Crippen LogP contribution in [-0.4, -0.2) is 24.3 Å². The maximum atomic E-state index is 5.62. The van der Waals surface area contributed by atoms with Crippen LogP contribution < -0.4 is 10.5 Å². The van der Waals surface area contributed by atoms with E-state index in [0.29, 0.717) is 18.2 Å². The monoisotopic (exact) mass is 331 g/mol. The summed E-state index contributed by atoms with van der Waals surface area (Å²) in [7, 11) is 0. The van der Waals surface area contributed by atoms with Crippen molar-refractivity contribution in [2.24, 2.45) is 5.73 Å². The Labute approximate surface area is 122 Å². The summed E-state index contributed by atoms with van der Waals surface area (Å²) in [6, 6.07) is 3.99. The standard InChI is InChI=1S/C13H18BrNO2S/c1-8-6-11(7-9(2)12(8)14)17-5-4-16-10(3)13(15)18/h6-7,10H,4-5H2,1-3H3,(H2,15,18). The van der Waals surface area contributed by atoms with Gasteiger partial charge < -0.3 is 15.2 Å². The van der Waals surface area contributed by atoms with E-state index >= 15 is 0 Å². The summed E-state index contributed by atoms with van der Waals surface area (Å²) in [4.78, 5) is 0.366. The Morgan fingerprint density at radius 3 is 2.39 bits per heavy atom. The summed E-state index contributed by atoms with van der Waals surface area (Å²) in [5.41, 5.74) is 7.76. The molecule has 0 heterocycles. The molecule has 18 heavy (non-hydrogen) atoms. The number of thiocarbonyl (C=S) groups is 1. The van der Waals surface area contributed by atoms with E-state index in [0.717, 1.165) is 21.3 Å². The number of halogens is 1. The van der Waals surface area contributed by atoms with E-state index in [1.165, 1.54) is 0 Å². The van der Waals surface area contributed by atoms with Crippen LogP contribution >= 0.6 is 28.1 Å². The molecule has 0 aromatic heterocycles. The zero-order chi connectivity index (χ0) is 13.7. The normalized spacial score (nSPS) is 12.2. The molecule has 0 spiro atoms. The molecule has 1 rings (SSSR count). The van der Waals surface area contributed by atoms with Gasteiger partial charge in [0.25, 0.3) is 0 Å². The first kappa shape index (κ1) is 15.4. The maximum absolute atomic E-state index is 5.62. The van der Waals surface area contributed by atoms with Crippen molar-refractivity contribution >= 4 is 33.1 Å². The van der Waals surface area contributed by atoms with Gasteiger partial charge in [0.15, 0.2) is 0 Å². The Hall–Kier alpha value is -0.650. The van der Waals surface area contributed by atoms with Crippen LogP contribution in [0.15, 0.2) is 16.6 Å². The van der Waals surface area contributed by atoms with Crippen molar-refractivity contribution in [3.63, 3.8) is 0 Å². The number of ether oxygens (including phenoxy) is 2. The third-order valence-electron chi connectivity index (χ3n) is 2.53. The first-order chi connectivity index (χ1) is 8.41. The molecule has 0 bridgehead atoms. The topological polar surface area (TPSA) is 44.5 Å². The second-order valence-electron chi connectivity index (χ2n) is 4.13. The average Bonchev–Trinajstić information content (AvgIpc) is 2.31. The quantitative estimate of drug-likeness (QED) is 0.642. The van der Waals surface area contributed by atoms with Crippen molar-refractivity contribution in [2.45, 2.75) is 26.9 Å². The highest BCUT2D eigenvalue weighted by Crippen LogP contribution is 2.26. The molecule has 1 atom stereocenters. The highest BCUT2D eigenvalue weighted by Gasteiger charge is 2.06. The summed E-state index contributed by atoms with van der Waals surface area (Å²) in [6.07, 6.45) is -0.211. The van der Waals surface area contributed by atoms with E-state index in [1.807, 2.05) is 32.9 Å². The molecule has 100 valence electrons. The van der Waals surface area contributed by atoms with Crippen molar-refractivity contribution in [3.8, 4) is 5.75 Å². The minimum Gasteiger partial charge on any atom is -0.491 e. The van der Waals surface area contributed by atoms with Gasteiger partial charge in [0.2, 0.25) is 0 Å². The van der Waals surface area contributed by atoms with E-state index in [1.54, 1.807) is 0 Å². The molecule has 0 fully saturated rings. The molecule has 0 aliphatic heterocycles. The van der Waals surface area contributed by atoms with E-state index in [9.17, 15) is 0 Å². The lowest BCUT2D eigenvalue weighted by atomic mass is 10.1. The van der Waals surface area contributed by atoms with Crippen LogP contribution in [0, 0.1) is 13.8 Å². The summed E-state index contributed by atoms with van der Waals surface area (Å²) in [5.74, 6) is 0.847. The van der Waals surface area contributed by atoms with Crippen LogP contribution in [0.1, 0.15) is 18.1 Å². The molecule has 0 aliphatic rings. The zero-order valence-corrected chi connectivity index (χ0v) is 13.2. The molecule has 5 heteroatoms. The van der Waals surface area contributed by atoms with Gasteiger partial charge in [0.05, 0.1) is 6.61 Å². The number of benzene rings is 1. The van der Waals surface area contributed by atoms with Gasteiger partial charge in [0.1, 0.15) is 23.4 Å². The third kappa shape index (κ3) is 4.55. The van der Waals surface area contributed by atoms with Gasteiger partial charge in [-0.3, -0.25) is 0 Å². The number of nitrogens with two attached hydrogens (primary N) is 1. The molecule has 0 saturated carbocycles. The molecule has 0 saturated heterocycles. The third-order valence-corrected chi connectivity index (χ3v) is 4.11. The molecule has 0 aliphatic carbocycles. The van der Waals surface area contributed by atoms with Crippen molar-refractivity contribution < 1.29 is 9.47 Å². The SMILES string of the molecule is Cc1cc(OCCOC(C)C(N)=S)cc(C)c1Br. The predicted octanol–water partition coefficient (Wildman–Crippen LogP) is 3.14. The summed E-state index contributed by atoms with van der Waals surface area (Å²) < 4.78 is 12.2. The number of hydrogen-bond donors (Lipinski definition) is 1. The van der Waals surface area contributed by atoms with E-state index in [4.69, 9.17) is 27.4 Å². The van der Waals surface area contributed by atoms with Crippen molar-refractivity contribution in [2.75, 3.05) is 13.2 Å². The summed E-state index contributed by atoms with van der Waals surface area (Å²) >= 11 is 8.34. The highest BCUT2D eigenvalue weighted by atomic mass is 79.9. The summed E-state index contributed by atoms with van der Waals surface area (Å²) in [5, 5.41) is 0. The maximum Gasteiger partial charge on any atom is 0.120 e. The number of hydrogen-bond acceptors (Lipinski definition) is 3. The van der Waals surface area contributed by atoms with E-state index in [2.05, 4.69) is 15.9 Å². The second kappa shape index (κ2) is 7.07. The molecular weight excluding hydrogens is 314 g/mol. The smallest absolute Gasteiger partial charge is 0.120 e. The molecule has 0 amide bonds. The molecule has 1 unspecified atom stereocenters. The molecule has 1 aromatic rings. The van der Waals surface area contributed by atoms with Gasteiger partial charge >= 0.3 is 0 Å². The van der Waals surface area contributed by atoms with Crippen LogP contribution in [0.2, 0.25) is 0 Å². The van der Waals surface area contributed by atoms with Gasteiger partial charge in [-0.2, -0.15) is 0 Å². The van der Waals surface area contributed by atoms with E-state index in [-0.39, 0.29) is 6.10 Å². The highest BCUT2D eigenvalue weighted by molar-refractivity contribution is 9.10. The van der Waals surface area contributed by atoms with Gasteiger partial charge in [-0.15, -0.1) is 0 Å². The van der Waals surface area contributed by atoms with Crippen molar-refractivity contribution in [1.29, 1.82) is 0 Å². The van der Waals surface area contributed by atoms with Crippen LogP contribution in [0.3, 0.4) is 0 Å². The predicted molar refractivity (Wildman–Crippen MR) is 81.3 cm³/mol. The average molecular weight is 332 g/mol. The fraction of sp³-hybridized carbons (Fsp3) is 0.462. The zero-order valence-electron chi connectivity index (χ0n) is 10.8. The van der Waals surface area contributed by atoms with Crippen molar-refractivity contribution in [1.82, 2.24) is 0 Å². The van der Waals surface area contributed by atoms with Gasteiger partial charge in [0, 0.05) is 4.47 Å². The fourth-order valence-corrected chi connectivity index (χ4v) is 1.75. The molecule has 2 N–H and O–H groups in total. The van der Waals surface area contributed by atoms with Crippen molar-refractivity contribution in [3.05, 3.63) is 27.7 Å². The lowest BCUT2D eigenvalue weighted by molar-refractivity contribution is 0.0810. The molecular formula is C13H18BrNO2S. The van der Waals surface area contributed by atoms with Crippen LogP contribution in [0.5, 0.6) is 5.75 Å². The Balaban J connectivity index is 2.43. The number of rotatable bonds is 6. The molecule has 3 nitrogen and oxygen atoms in total. The van der Waals surface area contributed by atoms with Crippen LogP contribution in [0.4, 0.5) is 0 Å². The minimum absolute atomic E-state index is 0.211. The fourth-order valence-electron chi connectivity index (χ4n) is 1.46. The Morgan fingerprint density at radius 1 is 1.33 bits per heavy atom. The molecule has 0 radical (unpaired) electrons. The van der Waals surface area contributed by atoms with Gasteiger partial charge in [-0.25, -0.2) is 0 Å². The largest absolute Gasteiger partial charge is 0.491 e. The Bertz CT molecular complexity index is 414.